The van der Waals surface area contributed by atoms with E-state index in [1.165, 1.54) is 12.0 Å². The third kappa shape index (κ3) is 2.10. The summed E-state index contributed by atoms with van der Waals surface area (Å²) in [4.78, 5) is 9.78. The average Bonchev–Trinajstić information content (AvgIpc) is 2.03. The minimum absolute atomic E-state index is 0.607. The fourth-order valence-electron chi connectivity index (χ4n) is 0.699. The maximum atomic E-state index is 9.78. The van der Waals surface area contributed by atoms with Gasteiger partial charge >= 0.3 is 0 Å². The first-order valence-corrected chi connectivity index (χ1v) is 3.43. The number of carbonyl (C=O) groups excluding carboxylic acids is 1. The van der Waals surface area contributed by atoms with Gasteiger partial charge in [-0.3, -0.25) is 0 Å². The first-order chi connectivity index (χ1) is 5.34. The molecule has 0 unspecified atom stereocenters. The Bertz CT molecular complexity index is 331. The summed E-state index contributed by atoms with van der Waals surface area (Å²) in [5.74, 6) is 1.53. The van der Waals surface area contributed by atoms with Crippen molar-refractivity contribution in [3.05, 3.63) is 40.6 Å². The monoisotopic (exact) mass is 164 g/mol. The molecule has 0 aliphatic heterocycles. The van der Waals surface area contributed by atoms with E-state index in [9.17, 15) is 4.79 Å². The van der Waals surface area contributed by atoms with Crippen molar-refractivity contribution >= 4 is 23.6 Å². The molecule has 0 spiro atoms. The summed E-state index contributed by atoms with van der Waals surface area (Å²) >= 11 is 5.76. The molecule has 0 bridgehead atoms. The van der Waals surface area contributed by atoms with Crippen molar-refractivity contribution in [1.29, 1.82) is 0 Å². The summed E-state index contributed by atoms with van der Waals surface area (Å²) in [5, 5.41) is 0.607. The topological polar surface area (TPSA) is 17.1 Å². The van der Waals surface area contributed by atoms with Crippen LogP contribution >= 0.6 is 11.6 Å². The molecule has 0 atom stereocenters. The lowest BCUT2D eigenvalue weighted by molar-refractivity contribution is 0.569. The average molecular weight is 165 g/mol. The molecule has 11 heavy (non-hydrogen) atoms. The number of benzene rings is 1. The van der Waals surface area contributed by atoms with Crippen LogP contribution in [0.25, 0.3) is 6.08 Å². The van der Waals surface area contributed by atoms with Gasteiger partial charge in [0.15, 0.2) is 5.94 Å². The van der Waals surface area contributed by atoms with Crippen LogP contribution in [0, 0.1) is 0 Å². The van der Waals surface area contributed by atoms with E-state index in [1.54, 1.807) is 12.1 Å². The molecule has 1 rings (SSSR count). The molecule has 0 radical (unpaired) electrons. The Hall–Kier alpha value is -1.26. The fraction of sp³-hybridized carbons (Fsp3) is 0. The molecule has 0 aromatic heterocycles. The van der Waals surface area contributed by atoms with E-state index in [-0.39, 0.29) is 0 Å². The van der Waals surface area contributed by atoms with Gasteiger partial charge in [-0.2, -0.15) is 0 Å². The SMILES string of the molecule is O=C=C=Cc1ccccc1Cl. The van der Waals surface area contributed by atoms with Crippen molar-refractivity contribution in [3.63, 3.8) is 0 Å². The summed E-state index contributed by atoms with van der Waals surface area (Å²) in [5.41, 5.74) is 3.07. The zero-order valence-electron chi connectivity index (χ0n) is 5.67. The van der Waals surface area contributed by atoms with Crippen molar-refractivity contribution in [2.24, 2.45) is 0 Å². The van der Waals surface area contributed by atoms with Gasteiger partial charge in [0, 0.05) is 16.7 Å². The van der Waals surface area contributed by atoms with Crippen LogP contribution in [0.5, 0.6) is 0 Å². The van der Waals surface area contributed by atoms with Crippen LogP contribution in [-0.4, -0.2) is 5.94 Å². The van der Waals surface area contributed by atoms with Crippen LogP contribution < -0.4 is 0 Å². The van der Waals surface area contributed by atoms with Crippen LogP contribution in [0.1, 0.15) is 5.56 Å². The molecule has 0 saturated carbocycles. The highest BCUT2D eigenvalue weighted by molar-refractivity contribution is 6.32. The highest BCUT2D eigenvalue weighted by Crippen LogP contribution is 2.15. The zero-order chi connectivity index (χ0) is 8.10. The van der Waals surface area contributed by atoms with Crippen LogP contribution in [0.4, 0.5) is 0 Å². The van der Waals surface area contributed by atoms with E-state index in [1.807, 2.05) is 12.1 Å². The minimum Gasteiger partial charge on any atom is -0.224 e. The lowest BCUT2D eigenvalue weighted by Crippen LogP contribution is -1.70. The van der Waals surface area contributed by atoms with Crippen LogP contribution in [-0.2, 0) is 4.79 Å². The normalized spacial score (nSPS) is 8.09. The predicted molar refractivity (Wildman–Crippen MR) is 45.1 cm³/mol. The number of hydrogen-bond acceptors (Lipinski definition) is 1. The minimum atomic E-state index is 0.607. The van der Waals surface area contributed by atoms with Gasteiger partial charge in [0.25, 0.3) is 0 Å². The predicted octanol–water partition coefficient (Wildman–Crippen LogP) is 2.34. The van der Waals surface area contributed by atoms with E-state index in [0.717, 1.165) is 5.56 Å². The molecule has 0 aliphatic carbocycles. The fourth-order valence-corrected chi connectivity index (χ4v) is 0.890. The summed E-state index contributed by atoms with van der Waals surface area (Å²) in [6.45, 7) is 0. The second-order valence-corrected chi connectivity index (χ2v) is 2.32. The van der Waals surface area contributed by atoms with E-state index >= 15 is 0 Å². The third-order valence-corrected chi connectivity index (χ3v) is 1.54. The van der Waals surface area contributed by atoms with Gasteiger partial charge in [0.2, 0.25) is 0 Å². The maximum Gasteiger partial charge on any atom is 0.177 e. The Morgan fingerprint density at radius 1 is 1.36 bits per heavy atom. The third-order valence-electron chi connectivity index (χ3n) is 1.19. The van der Waals surface area contributed by atoms with Crippen molar-refractivity contribution in [1.82, 2.24) is 0 Å². The van der Waals surface area contributed by atoms with Crippen molar-refractivity contribution < 1.29 is 4.79 Å². The molecule has 1 aromatic rings. The van der Waals surface area contributed by atoms with Gasteiger partial charge in [-0.05, 0) is 11.8 Å². The van der Waals surface area contributed by atoms with Crippen molar-refractivity contribution in [2.45, 2.75) is 0 Å². The van der Waals surface area contributed by atoms with Crippen molar-refractivity contribution in [3.8, 4) is 0 Å². The Kier molecular flexibility index (Phi) is 2.71. The zero-order valence-corrected chi connectivity index (χ0v) is 6.43. The van der Waals surface area contributed by atoms with E-state index < -0.39 is 0 Å². The summed E-state index contributed by atoms with van der Waals surface area (Å²) in [6, 6.07) is 7.21. The lowest BCUT2D eigenvalue weighted by Gasteiger charge is -1.92. The molecule has 0 fully saturated rings. The number of hydrogen-bond donors (Lipinski definition) is 0. The first kappa shape index (κ1) is 7.84. The van der Waals surface area contributed by atoms with Gasteiger partial charge in [0.05, 0.1) is 0 Å². The van der Waals surface area contributed by atoms with E-state index in [4.69, 9.17) is 11.6 Å². The molecule has 0 aliphatic rings. The quantitative estimate of drug-likeness (QED) is 0.460. The summed E-state index contributed by atoms with van der Waals surface area (Å²) < 4.78 is 0. The maximum absolute atomic E-state index is 9.78. The molecule has 0 N–H and O–H groups in total. The Morgan fingerprint density at radius 2 is 2.09 bits per heavy atom. The summed E-state index contributed by atoms with van der Waals surface area (Å²) in [6.07, 6.45) is 1.50. The van der Waals surface area contributed by atoms with Crippen LogP contribution in [0.3, 0.4) is 0 Å². The number of rotatable bonds is 1. The van der Waals surface area contributed by atoms with E-state index in [0.29, 0.717) is 5.02 Å². The van der Waals surface area contributed by atoms with Crippen molar-refractivity contribution in [2.75, 3.05) is 0 Å². The second-order valence-electron chi connectivity index (χ2n) is 1.91. The van der Waals surface area contributed by atoms with Gasteiger partial charge in [-0.1, -0.05) is 29.8 Å². The highest BCUT2D eigenvalue weighted by atomic mass is 35.5. The van der Waals surface area contributed by atoms with Crippen LogP contribution in [0.15, 0.2) is 30.0 Å². The van der Waals surface area contributed by atoms with E-state index in [2.05, 4.69) is 5.73 Å². The Labute approximate surface area is 69.6 Å². The second kappa shape index (κ2) is 3.80. The smallest absolute Gasteiger partial charge is 0.177 e. The molecule has 0 saturated heterocycles. The van der Waals surface area contributed by atoms with Gasteiger partial charge in [0.1, 0.15) is 0 Å². The molecule has 0 heterocycles. The summed E-state index contributed by atoms with van der Waals surface area (Å²) in [7, 11) is 0. The highest BCUT2D eigenvalue weighted by Gasteiger charge is 1.90. The molecule has 0 amide bonds. The molecule has 1 nitrogen and oxygen atoms in total. The molecular weight excluding hydrogens is 160 g/mol. The van der Waals surface area contributed by atoms with Gasteiger partial charge in [-0.25, -0.2) is 4.79 Å². The molecule has 1 aromatic carbocycles. The standard InChI is InChI=1S/C9H5ClO/c10-9-6-2-1-4-8(9)5-3-7-11/h1-2,4-6H. The molecule has 54 valence electrons. The first-order valence-electron chi connectivity index (χ1n) is 3.05. The van der Waals surface area contributed by atoms with Crippen LogP contribution in [0.2, 0.25) is 5.02 Å². The lowest BCUT2D eigenvalue weighted by atomic mass is 10.2. The molecular formula is C9H5ClO. The largest absolute Gasteiger partial charge is 0.224 e. The Morgan fingerprint density at radius 3 is 2.73 bits per heavy atom. The van der Waals surface area contributed by atoms with Gasteiger partial charge < -0.3 is 0 Å². The Balaban J connectivity index is 3.14. The van der Waals surface area contributed by atoms with Gasteiger partial charge in [-0.15, -0.1) is 0 Å². The molecule has 2 heteroatoms. The number of halogens is 1.